The molecule has 6 rings (SSSR count). The lowest BCUT2D eigenvalue weighted by Gasteiger charge is -2.37. The summed E-state index contributed by atoms with van der Waals surface area (Å²) in [6.45, 7) is 1.96. The average Bonchev–Trinajstić information content (AvgIpc) is 3.60. The van der Waals surface area contributed by atoms with Crippen molar-refractivity contribution in [1.29, 1.82) is 0 Å². The summed E-state index contributed by atoms with van der Waals surface area (Å²) in [5, 5.41) is 3.54. The number of benzene rings is 1. The summed E-state index contributed by atoms with van der Waals surface area (Å²) < 4.78 is 9.36. The van der Waals surface area contributed by atoms with Gasteiger partial charge in [0.15, 0.2) is 5.65 Å². The molecule has 1 spiro atoms. The van der Waals surface area contributed by atoms with Crippen LogP contribution < -0.4 is 15.7 Å². The second-order valence-corrected chi connectivity index (χ2v) is 11.1. The fourth-order valence-corrected chi connectivity index (χ4v) is 6.56. The van der Waals surface area contributed by atoms with Crippen molar-refractivity contribution in [3.05, 3.63) is 47.0 Å². The van der Waals surface area contributed by atoms with Gasteiger partial charge in [-0.2, -0.15) is 4.98 Å². The lowest BCUT2D eigenvalue weighted by Crippen LogP contribution is -2.37. The largest absolute Gasteiger partial charge is 0.492 e. The second-order valence-electron chi connectivity index (χ2n) is 11.1. The molecule has 1 saturated heterocycles. The van der Waals surface area contributed by atoms with E-state index < -0.39 is 0 Å². The zero-order valence-electron chi connectivity index (χ0n) is 21.6. The number of fused-ring (bicyclic) bond motifs is 1. The number of amides is 1. The molecule has 2 aromatic heterocycles. The molecule has 1 aromatic carbocycles. The highest BCUT2D eigenvalue weighted by molar-refractivity contribution is 5.79. The van der Waals surface area contributed by atoms with Gasteiger partial charge in [0, 0.05) is 32.1 Å². The smallest absolute Gasteiger partial charge is 0.330 e. The molecular formula is C28H36N6O3. The third-order valence-electron chi connectivity index (χ3n) is 8.68. The van der Waals surface area contributed by atoms with Crippen LogP contribution in [0.15, 0.2) is 41.3 Å². The number of rotatable bonds is 7. The summed E-state index contributed by atoms with van der Waals surface area (Å²) in [5.74, 6) is 1.67. The maximum atomic E-state index is 12.9. The molecule has 9 heteroatoms. The summed E-state index contributed by atoms with van der Waals surface area (Å²) in [5.41, 5.74) is 1.58. The molecule has 2 aliphatic carbocycles. The van der Waals surface area contributed by atoms with Crippen molar-refractivity contribution in [3.8, 4) is 5.75 Å². The zero-order chi connectivity index (χ0) is 25.4. The van der Waals surface area contributed by atoms with E-state index in [9.17, 15) is 9.59 Å². The van der Waals surface area contributed by atoms with Crippen LogP contribution in [0.3, 0.4) is 0 Å². The number of nitrogens with one attached hydrogen (secondary N) is 1. The molecule has 9 nitrogen and oxygen atoms in total. The van der Waals surface area contributed by atoms with Gasteiger partial charge < -0.3 is 15.0 Å². The Morgan fingerprint density at radius 2 is 1.84 bits per heavy atom. The molecule has 196 valence electrons. The zero-order valence-corrected chi connectivity index (χ0v) is 21.6. The summed E-state index contributed by atoms with van der Waals surface area (Å²) in [6.07, 6.45) is 10.8. The Morgan fingerprint density at radius 1 is 1.08 bits per heavy atom. The van der Waals surface area contributed by atoms with Gasteiger partial charge in [-0.05, 0) is 56.1 Å². The Bertz CT molecular complexity index is 1320. The van der Waals surface area contributed by atoms with E-state index in [0.29, 0.717) is 25.5 Å². The molecule has 0 bridgehead atoms. The van der Waals surface area contributed by atoms with Gasteiger partial charge in [0.1, 0.15) is 17.9 Å². The predicted molar refractivity (Wildman–Crippen MR) is 142 cm³/mol. The lowest BCUT2D eigenvalue weighted by atomic mass is 9.72. The highest BCUT2D eigenvalue weighted by Crippen LogP contribution is 2.44. The van der Waals surface area contributed by atoms with Crippen LogP contribution in [0.4, 0.5) is 5.95 Å². The van der Waals surface area contributed by atoms with Crippen LogP contribution in [0.1, 0.15) is 63.8 Å². The first-order valence-electron chi connectivity index (χ1n) is 13.7. The highest BCUT2D eigenvalue weighted by atomic mass is 16.5. The molecule has 3 aliphatic rings. The van der Waals surface area contributed by atoms with E-state index in [-0.39, 0.29) is 29.1 Å². The molecule has 2 saturated carbocycles. The number of aromatic nitrogens is 4. The number of carbonyl (C=O) groups is 1. The molecule has 1 aliphatic heterocycles. The minimum Gasteiger partial charge on any atom is -0.492 e. The van der Waals surface area contributed by atoms with Crippen molar-refractivity contribution in [3.63, 3.8) is 0 Å². The quantitative estimate of drug-likeness (QED) is 0.525. The van der Waals surface area contributed by atoms with Crippen molar-refractivity contribution in [2.24, 2.45) is 12.5 Å². The fourth-order valence-electron chi connectivity index (χ4n) is 6.56. The van der Waals surface area contributed by atoms with Crippen molar-refractivity contribution in [2.45, 2.75) is 69.9 Å². The molecule has 3 fully saturated rings. The standard InChI is InChI=1S/C28H36N6O3/c1-32-23-18-29-26(31-25(23)34(27(32)36)21-7-5-6-8-21)30-20-11-13-28(14-12-20)17-24(35)33(19-28)15-16-37-22-9-3-2-4-10-22/h2-4,9-10,18,20-21H,5-8,11-17,19H2,1H3,(H,29,30,31). The van der Waals surface area contributed by atoms with Crippen molar-refractivity contribution in [1.82, 2.24) is 24.0 Å². The summed E-state index contributed by atoms with van der Waals surface area (Å²) in [4.78, 5) is 37.0. The highest BCUT2D eigenvalue weighted by Gasteiger charge is 2.45. The number of likely N-dealkylation sites (tertiary alicyclic amines) is 1. The number of para-hydroxylation sites is 1. The first-order valence-corrected chi connectivity index (χ1v) is 13.7. The van der Waals surface area contributed by atoms with Crippen molar-refractivity contribution >= 4 is 23.0 Å². The van der Waals surface area contributed by atoms with E-state index in [4.69, 9.17) is 9.72 Å². The first kappa shape index (κ1) is 24.0. The number of carbonyl (C=O) groups excluding carboxylic acids is 1. The van der Waals surface area contributed by atoms with E-state index in [1.54, 1.807) is 17.8 Å². The van der Waals surface area contributed by atoms with Crippen LogP contribution in [0.2, 0.25) is 0 Å². The fraction of sp³-hybridized carbons (Fsp3) is 0.571. The van der Waals surface area contributed by atoms with Crippen molar-refractivity contribution in [2.75, 3.05) is 25.0 Å². The minimum absolute atomic E-state index is 0.00224. The SMILES string of the molecule is Cn1c(=O)n(C2CCCC2)c2nc(NC3CCC4(CC3)CC(=O)N(CCOc3ccccc3)C4)ncc21. The summed E-state index contributed by atoms with van der Waals surface area (Å²) in [7, 11) is 1.80. The Kier molecular flexibility index (Phi) is 6.38. The first-order chi connectivity index (χ1) is 18.0. The predicted octanol–water partition coefficient (Wildman–Crippen LogP) is 3.90. The molecular weight excluding hydrogens is 468 g/mol. The van der Waals surface area contributed by atoms with Gasteiger partial charge >= 0.3 is 5.69 Å². The van der Waals surface area contributed by atoms with Crippen LogP contribution in [-0.4, -0.2) is 55.6 Å². The number of nitrogens with zero attached hydrogens (tertiary/aromatic N) is 5. The van der Waals surface area contributed by atoms with E-state index in [0.717, 1.165) is 74.8 Å². The third-order valence-corrected chi connectivity index (χ3v) is 8.68. The normalized spacial score (nSPS) is 24.4. The van der Waals surface area contributed by atoms with Gasteiger partial charge in [0.25, 0.3) is 0 Å². The van der Waals surface area contributed by atoms with E-state index in [1.807, 2.05) is 39.8 Å². The molecule has 1 amide bonds. The molecule has 0 radical (unpaired) electrons. The molecule has 3 aromatic rings. The maximum Gasteiger partial charge on any atom is 0.330 e. The molecule has 1 N–H and O–H groups in total. The van der Waals surface area contributed by atoms with Crippen molar-refractivity contribution < 1.29 is 9.53 Å². The van der Waals surface area contributed by atoms with Crippen LogP contribution in [0.5, 0.6) is 5.75 Å². The topological polar surface area (TPSA) is 94.3 Å². The van der Waals surface area contributed by atoms with Crippen LogP contribution >= 0.6 is 0 Å². The second kappa shape index (κ2) is 9.84. The minimum atomic E-state index is -0.00224. The molecule has 0 atom stereocenters. The van der Waals surface area contributed by atoms with E-state index >= 15 is 0 Å². The van der Waals surface area contributed by atoms with Gasteiger partial charge in [-0.25, -0.2) is 9.78 Å². The van der Waals surface area contributed by atoms with Gasteiger partial charge in [-0.15, -0.1) is 0 Å². The Balaban J connectivity index is 1.07. The average molecular weight is 505 g/mol. The van der Waals surface area contributed by atoms with Crippen LogP contribution in [-0.2, 0) is 11.8 Å². The number of anilines is 1. The molecule has 3 heterocycles. The van der Waals surface area contributed by atoms with E-state index in [1.165, 1.54) is 0 Å². The number of ether oxygens (including phenoxy) is 1. The van der Waals surface area contributed by atoms with Gasteiger partial charge in [-0.1, -0.05) is 31.0 Å². The lowest BCUT2D eigenvalue weighted by molar-refractivity contribution is -0.128. The summed E-state index contributed by atoms with van der Waals surface area (Å²) in [6, 6.07) is 10.2. The maximum absolute atomic E-state index is 12.9. The van der Waals surface area contributed by atoms with Crippen LogP contribution in [0, 0.1) is 5.41 Å². The van der Waals surface area contributed by atoms with Crippen LogP contribution in [0.25, 0.3) is 11.2 Å². The molecule has 0 unspecified atom stereocenters. The molecule has 37 heavy (non-hydrogen) atoms. The third kappa shape index (κ3) is 4.71. The van der Waals surface area contributed by atoms with E-state index in [2.05, 4.69) is 10.3 Å². The number of aryl methyl sites for hydroxylation is 1. The Labute approximate surface area is 216 Å². The monoisotopic (exact) mass is 504 g/mol. The Morgan fingerprint density at radius 3 is 2.59 bits per heavy atom. The van der Waals surface area contributed by atoms with Gasteiger partial charge in [-0.3, -0.25) is 13.9 Å². The van der Waals surface area contributed by atoms with Gasteiger partial charge in [0.2, 0.25) is 11.9 Å². The van der Waals surface area contributed by atoms with Gasteiger partial charge in [0.05, 0.1) is 12.7 Å². The number of hydrogen-bond donors (Lipinski definition) is 1. The number of hydrogen-bond acceptors (Lipinski definition) is 6. The number of imidazole rings is 1. The Hall–Kier alpha value is -3.36. The summed E-state index contributed by atoms with van der Waals surface area (Å²) >= 11 is 0.